The summed E-state index contributed by atoms with van der Waals surface area (Å²) < 4.78 is 0. The Morgan fingerprint density at radius 2 is 2.20 bits per heavy atom. The van der Waals surface area contributed by atoms with E-state index < -0.39 is 11.0 Å². The summed E-state index contributed by atoms with van der Waals surface area (Å²) in [5, 5.41) is 28.8. The van der Waals surface area contributed by atoms with Crippen molar-refractivity contribution in [2.75, 3.05) is 0 Å². The topological polar surface area (TPSA) is 83.6 Å². The zero-order valence-corrected chi connectivity index (χ0v) is 8.38. The number of phenolic OH excluding ortho intramolecular Hbond substituents is 1. The molecule has 0 aromatic heterocycles. The van der Waals surface area contributed by atoms with Crippen LogP contribution < -0.4 is 0 Å². The number of nitro groups is 1. The Morgan fingerprint density at radius 3 is 2.67 bits per heavy atom. The van der Waals surface area contributed by atoms with Gasteiger partial charge in [-0.25, -0.2) is 0 Å². The first-order valence-corrected chi connectivity index (χ1v) is 4.65. The smallest absolute Gasteiger partial charge is 0.310 e. The Balaban J connectivity index is 2.78. The monoisotopic (exact) mass is 211 g/mol. The number of rotatable bonds is 4. The first kappa shape index (κ1) is 11.5. The number of nitrogens with zero attached hydrogens (tertiary/aromatic N) is 1. The Morgan fingerprint density at radius 1 is 1.53 bits per heavy atom. The number of hydrogen-bond acceptors (Lipinski definition) is 4. The molecule has 0 saturated heterocycles. The molecule has 0 spiro atoms. The standard InChI is InChI=1S/C10H13NO4/c1-7(12)2-3-8-4-5-9(11(14)15)10(13)6-8/h4-7,12-13H,2-3H2,1H3/t7-/m0/s1. The minimum atomic E-state index is -0.631. The normalized spacial score (nSPS) is 12.4. The van der Waals surface area contributed by atoms with Crippen molar-refractivity contribution in [2.45, 2.75) is 25.9 Å². The lowest BCUT2D eigenvalue weighted by molar-refractivity contribution is -0.385. The molecule has 2 N–H and O–H groups in total. The zero-order valence-electron chi connectivity index (χ0n) is 8.38. The third-order valence-corrected chi connectivity index (χ3v) is 2.09. The average Bonchev–Trinajstić information content (AvgIpc) is 2.14. The van der Waals surface area contributed by atoms with E-state index in [0.717, 1.165) is 5.56 Å². The number of aryl methyl sites for hydroxylation is 1. The molecule has 0 radical (unpaired) electrons. The van der Waals surface area contributed by atoms with Crippen LogP contribution in [0, 0.1) is 10.1 Å². The van der Waals surface area contributed by atoms with Gasteiger partial charge in [0, 0.05) is 6.07 Å². The molecular weight excluding hydrogens is 198 g/mol. The van der Waals surface area contributed by atoms with Crippen molar-refractivity contribution in [1.29, 1.82) is 0 Å². The number of hydrogen-bond donors (Lipinski definition) is 2. The largest absolute Gasteiger partial charge is 0.502 e. The maximum absolute atomic E-state index is 10.4. The fourth-order valence-corrected chi connectivity index (χ4v) is 1.25. The van der Waals surface area contributed by atoms with Crippen molar-refractivity contribution in [2.24, 2.45) is 0 Å². The van der Waals surface area contributed by atoms with Gasteiger partial charge in [-0.2, -0.15) is 0 Å². The summed E-state index contributed by atoms with van der Waals surface area (Å²) in [6.07, 6.45) is 0.739. The van der Waals surface area contributed by atoms with Gasteiger partial charge in [0.2, 0.25) is 0 Å². The van der Waals surface area contributed by atoms with Crippen LogP contribution in [-0.2, 0) is 6.42 Å². The zero-order chi connectivity index (χ0) is 11.4. The van der Waals surface area contributed by atoms with Crippen molar-refractivity contribution < 1.29 is 15.1 Å². The highest BCUT2D eigenvalue weighted by Crippen LogP contribution is 2.26. The number of aliphatic hydroxyl groups is 1. The van der Waals surface area contributed by atoms with Crippen molar-refractivity contribution >= 4 is 5.69 Å². The van der Waals surface area contributed by atoms with Crippen LogP contribution in [0.15, 0.2) is 18.2 Å². The maximum Gasteiger partial charge on any atom is 0.310 e. The van der Waals surface area contributed by atoms with E-state index in [9.17, 15) is 15.2 Å². The van der Waals surface area contributed by atoms with E-state index in [1.54, 1.807) is 13.0 Å². The third kappa shape index (κ3) is 3.21. The third-order valence-electron chi connectivity index (χ3n) is 2.09. The molecule has 1 aromatic carbocycles. The maximum atomic E-state index is 10.4. The van der Waals surface area contributed by atoms with Crippen molar-refractivity contribution in [3.05, 3.63) is 33.9 Å². The summed E-state index contributed by atoms with van der Waals surface area (Å²) >= 11 is 0. The molecule has 0 fully saturated rings. The fourth-order valence-electron chi connectivity index (χ4n) is 1.25. The Bertz CT molecular complexity index is 362. The first-order valence-electron chi connectivity index (χ1n) is 4.65. The minimum Gasteiger partial charge on any atom is -0.502 e. The summed E-state index contributed by atoms with van der Waals surface area (Å²) in [6.45, 7) is 1.67. The van der Waals surface area contributed by atoms with Crippen molar-refractivity contribution in [1.82, 2.24) is 0 Å². The van der Waals surface area contributed by atoms with Crippen LogP contribution in [0.5, 0.6) is 5.75 Å². The summed E-state index contributed by atoms with van der Waals surface area (Å²) in [5.41, 5.74) is 0.481. The molecule has 1 aromatic rings. The molecule has 1 atom stereocenters. The van der Waals surface area contributed by atoms with Crippen molar-refractivity contribution in [3.8, 4) is 5.75 Å². The van der Waals surface area contributed by atoms with Crippen molar-refractivity contribution in [3.63, 3.8) is 0 Å². The van der Waals surface area contributed by atoms with Crippen LogP contribution >= 0.6 is 0 Å². The molecule has 0 amide bonds. The highest BCUT2D eigenvalue weighted by atomic mass is 16.6. The van der Waals surface area contributed by atoms with Crippen LogP contribution in [0.3, 0.4) is 0 Å². The van der Waals surface area contributed by atoms with Gasteiger partial charge in [0.25, 0.3) is 0 Å². The average molecular weight is 211 g/mol. The lowest BCUT2D eigenvalue weighted by atomic mass is 10.1. The highest BCUT2D eigenvalue weighted by molar-refractivity contribution is 5.47. The lowest BCUT2D eigenvalue weighted by Crippen LogP contribution is -2.01. The predicted octanol–water partition coefficient (Wildman–Crippen LogP) is 1.61. The van der Waals surface area contributed by atoms with Crippen LogP contribution in [0.25, 0.3) is 0 Å². The molecule has 0 aliphatic rings. The molecule has 0 bridgehead atoms. The Labute approximate surface area is 87.1 Å². The second kappa shape index (κ2) is 4.75. The molecule has 5 heteroatoms. The molecule has 0 unspecified atom stereocenters. The lowest BCUT2D eigenvalue weighted by Gasteiger charge is -2.04. The van der Waals surface area contributed by atoms with Gasteiger partial charge < -0.3 is 10.2 Å². The van der Waals surface area contributed by atoms with Gasteiger partial charge in [0.05, 0.1) is 11.0 Å². The van der Waals surface area contributed by atoms with E-state index in [2.05, 4.69) is 0 Å². The van der Waals surface area contributed by atoms with Gasteiger partial charge in [-0.05, 0) is 31.4 Å². The second-order valence-electron chi connectivity index (χ2n) is 3.47. The van der Waals surface area contributed by atoms with E-state index in [1.165, 1.54) is 12.1 Å². The van der Waals surface area contributed by atoms with Crippen LogP contribution in [0.4, 0.5) is 5.69 Å². The van der Waals surface area contributed by atoms with E-state index in [4.69, 9.17) is 5.11 Å². The fraction of sp³-hybridized carbons (Fsp3) is 0.400. The second-order valence-corrected chi connectivity index (χ2v) is 3.47. The number of phenols is 1. The molecule has 5 nitrogen and oxygen atoms in total. The number of nitro benzene ring substituents is 1. The Hall–Kier alpha value is -1.62. The minimum absolute atomic E-state index is 0.296. The SMILES string of the molecule is C[C@H](O)CCc1ccc([N+](=O)[O-])c(O)c1. The molecule has 0 aliphatic carbocycles. The molecule has 0 aliphatic heterocycles. The van der Waals surface area contributed by atoms with Crippen LogP contribution in [0.1, 0.15) is 18.9 Å². The molecular formula is C10H13NO4. The molecule has 1 rings (SSSR count). The van der Waals surface area contributed by atoms with E-state index >= 15 is 0 Å². The van der Waals surface area contributed by atoms with Gasteiger partial charge in [-0.1, -0.05) is 6.07 Å². The van der Waals surface area contributed by atoms with E-state index in [0.29, 0.717) is 12.8 Å². The molecule has 82 valence electrons. The van der Waals surface area contributed by atoms with Gasteiger partial charge in [0.1, 0.15) is 0 Å². The summed E-state index contributed by atoms with van der Waals surface area (Å²) in [5.74, 6) is -0.330. The molecule has 15 heavy (non-hydrogen) atoms. The summed E-state index contributed by atoms with van der Waals surface area (Å²) in [7, 11) is 0. The molecule has 0 heterocycles. The quantitative estimate of drug-likeness (QED) is 0.585. The number of aromatic hydroxyl groups is 1. The van der Waals surface area contributed by atoms with E-state index in [1.807, 2.05) is 0 Å². The van der Waals surface area contributed by atoms with Gasteiger partial charge in [0.15, 0.2) is 5.75 Å². The number of benzene rings is 1. The van der Waals surface area contributed by atoms with Gasteiger partial charge in [-0.15, -0.1) is 0 Å². The van der Waals surface area contributed by atoms with E-state index in [-0.39, 0.29) is 11.4 Å². The predicted molar refractivity (Wildman–Crippen MR) is 54.8 cm³/mol. The highest BCUT2D eigenvalue weighted by Gasteiger charge is 2.12. The van der Waals surface area contributed by atoms with Crippen LogP contribution in [-0.4, -0.2) is 21.2 Å². The van der Waals surface area contributed by atoms with Crippen LogP contribution in [0.2, 0.25) is 0 Å². The number of aliphatic hydroxyl groups excluding tert-OH is 1. The van der Waals surface area contributed by atoms with Gasteiger partial charge in [-0.3, -0.25) is 10.1 Å². The Kier molecular flexibility index (Phi) is 3.62. The first-order chi connectivity index (χ1) is 7.00. The molecule has 0 saturated carbocycles. The van der Waals surface area contributed by atoms with Gasteiger partial charge >= 0.3 is 5.69 Å². The summed E-state index contributed by atoms with van der Waals surface area (Å²) in [4.78, 5) is 9.77. The summed E-state index contributed by atoms with van der Waals surface area (Å²) in [6, 6.07) is 4.22.